The lowest BCUT2D eigenvalue weighted by Crippen LogP contribution is -2.38. The largest absolute Gasteiger partial charge is 0.464 e. The molecule has 4 rings (SSSR count). The number of hydrogen-bond acceptors (Lipinski definition) is 8. The lowest BCUT2D eigenvalue weighted by Gasteiger charge is -2.38. The standard InChI is InChI=1S/C50H76N2O6/c1-33(2)51(34(3)4)27-23-37-29-55-39-19-17-21-41(43(37)39)57-45(53)49(13,14)31-47(9,10)25-26-48(11,12)32-50(15,16)46(54)58-42-22-18-20-40-44(42)38(30-56-40)24-28-52(35(5)6)36(7)8/h17-22,29-30,33-36H,23-28,31-32H2,1-16H3. The van der Waals surface area contributed by atoms with Crippen molar-refractivity contribution in [3.8, 4) is 11.5 Å². The van der Waals surface area contributed by atoms with E-state index in [0.29, 0.717) is 48.5 Å². The molecule has 0 aliphatic rings. The monoisotopic (exact) mass is 801 g/mol. The number of ether oxygens (including phenoxy) is 2. The summed E-state index contributed by atoms with van der Waals surface area (Å²) in [6, 6.07) is 13.1. The molecule has 322 valence electrons. The van der Waals surface area contributed by atoms with Crippen LogP contribution in [0.1, 0.15) is 148 Å². The molecule has 0 unspecified atom stereocenters. The Morgan fingerprint density at radius 1 is 0.552 bits per heavy atom. The number of furan rings is 2. The summed E-state index contributed by atoms with van der Waals surface area (Å²) in [5.41, 5.74) is 1.77. The van der Waals surface area contributed by atoms with Crippen LogP contribution in [-0.2, 0) is 22.4 Å². The average molecular weight is 801 g/mol. The predicted molar refractivity (Wildman–Crippen MR) is 239 cm³/mol. The van der Waals surface area contributed by atoms with E-state index >= 15 is 0 Å². The maximum absolute atomic E-state index is 13.9. The van der Waals surface area contributed by atoms with Crippen molar-refractivity contribution in [1.29, 1.82) is 0 Å². The van der Waals surface area contributed by atoms with Crippen molar-refractivity contribution in [3.05, 3.63) is 60.1 Å². The molecule has 4 aromatic rings. The van der Waals surface area contributed by atoms with E-state index in [1.165, 1.54) is 0 Å². The Labute approximate surface area is 350 Å². The van der Waals surface area contributed by atoms with Gasteiger partial charge < -0.3 is 18.3 Å². The third-order valence-corrected chi connectivity index (χ3v) is 12.0. The number of nitrogens with zero attached hydrogens (tertiary/aromatic N) is 2. The molecule has 0 atom stereocenters. The Balaban J connectivity index is 1.39. The molecule has 0 amide bonds. The van der Waals surface area contributed by atoms with Crippen molar-refractivity contribution in [2.45, 2.75) is 173 Å². The van der Waals surface area contributed by atoms with Gasteiger partial charge in [0.15, 0.2) is 0 Å². The van der Waals surface area contributed by atoms with Crippen LogP contribution in [0.2, 0.25) is 0 Å². The SMILES string of the molecule is CC(C)N(CCc1coc2cccc(OC(=O)C(C)(C)CC(C)(C)CCC(C)(C)CC(C)(C)C(=O)Oc3cccc4occ(CCN(C(C)C)C(C)C)c34)c12)C(C)C. The van der Waals surface area contributed by atoms with Gasteiger partial charge in [0, 0.05) is 48.4 Å². The number of hydrogen-bond donors (Lipinski definition) is 0. The van der Waals surface area contributed by atoms with E-state index in [9.17, 15) is 9.59 Å². The normalized spacial score (nSPS) is 13.4. The topological polar surface area (TPSA) is 85.4 Å². The van der Waals surface area contributed by atoms with E-state index in [2.05, 4.69) is 92.9 Å². The summed E-state index contributed by atoms with van der Waals surface area (Å²) in [6.45, 7) is 36.4. The highest BCUT2D eigenvalue weighted by molar-refractivity contribution is 5.92. The van der Waals surface area contributed by atoms with E-state index in [0.717, 1.165) is 71.8 Å². The maximum atomic E-state index is 13.9. The van der Waals surface area contributed by atoms with Crippen LogP contribution in [0.4, 0.5) is 0 Å². The van der Waals surface area contributed by atoms with Gasteiger partial charge in [0.1, 0.15) is 22.7 Å². The fourth-order valence-electron chi connectivity index (χ4n) is 9.37. The molecule has 2 aromatic heterocycles. The van der Waals surface area contributed by atoms with Crippen molar-refractivity contribution < 1.29 is 27.9 Å². The molecule has 2 heterocycles. The summed E-state index contributed by atoms with van der Waals surface area (Å²) < 4.78 is 24.3. The summed E-state index contributed by atoms with van der Waals surface area (Å²) in [6.07, 6.45) is 8.28. The van der Waals surface area contributed by atoms with Gasteiger partial charge in [-0.25, -0.2) is 0 Å². The second-order valence-electron chi connectivity index (χ2n) is 20.9. The average Bonchev–Trinajstić information content (AvgIpc) is 3.71. The first kappa shape index (κ1) is 47.1. The van der Waals surface area contributed by atoms with E-state index in [1.54, 1.807) is 0 Å². The molecule has 0 aliphatic carbocycles. The second kappa shape index (κ2) is 18.8. The number of benzene rings is 2. The molecule has 0 saturated heterocycles. The van der Waals surface area contributed by atoms with Crippen molar-refractivity contribution >= 4 is 33.9 Å². The van der Waals surface area contributed by atoms with Crippen LogP contribution in [0, 0.1) is 21.7 Å². The van der Waals surface area contributed by atoms with Gasteiger partial charge in [-0.05, 0) is 157 Å². The molecule has 0 fully saturated rings. The fraction of sp³-hybridized carbons (Fsp3) is 0.640. The summed E-state index contributed by atoms with van der Waals surface area (Å²) >= 11 is 0. The van der Waals surface area contributed by atoms with Crippen molar-refractivity contribution in [2.75, 3.05) is 13.1 Å². The molecule has 0 N–H and O–H groups in total. The molecule has 0 saturated carbocycles. The van der Waals surface area contributed by atoms with Crippen LogP contribution in [-0.4, -0.2) is 59.0 Å². The van der Waals surface area contributed by atoms with Gasteiger partial charge in [0.2, 0.25) is 0 Å². The molecule has 58 heavy (non-hydrogen) atoms. The molecule has 0 spiro atoms. The Hall–Kier alpha value is -3.62. The number of rotatable bonds is 21. The van der Waals surface area contributed by atoms with Gasteiger partial charge in [-0.3, -0.25) is 19.4 Å². The number of esters is 2. The van der Waals surface area contributed by atoms with Crippen molar-refractivity contribution in [1.82, 2.24) is 9.80 Å². The molecule has 0 bridgehead atoms. The Morgan fingerprint density at radius 3 is 1.19 bits per heavy atom. The molecule has 2 aromatic carbocycles. The summed E-state index contributed by atoms with van der Waals surface area (Å²) in [7, 11) is 0. The smallest absolute Gasteiger partial charge is 0.316 e. The van der Waals surface area contributed by atoms with Crippen LogP contribution < -0.4 is 9.47 Å². The van der Waals surface area contributed by atoms with E-state index in [4.69, 9.17) is 18.3 Å². The molecule has 8 heteroatoms. The number of fused-ring (bicyclic) bond motifs is 2. The zero-order valence-electron chi connectivity index (χ0n) is 38.9. The van der Waals surface area contributed by atoms with Gasteiger partial charge in [0.25, 0.3) is 0 Å². The first-order valence-electron chi connectivity index (χ1n) is 21.8. The second-order valence-corrected chi connectivity index (χ2v) is 20.9. The Kier molecular flexibility index (Phi) is 15.2. The Bertz CT molecular complexity index is 1820. The molecular weight excluding hydrogens is 725 g/mol. The lowest BCUT2D eigenvalue weighted by atomic mass is 9.67. The summed E-state index contributed by atoms with van der Waals surface area (Å²) in [5.74, 6) is 0.610. The van der Waals surface area contributed by atoms with Crippen LogP contribution in [0.3, 0.4) is 0 Å². The van der Waals surface area contributed by atoms with Gasteiger partial charge in [0.05, 0.1) is 34.1 Å². The van der Waals surface area contributed by atoms with Gasteiger partial charge in [-0.15, -0.1) is 0 Å². The summed E-state index contributed by atoms with van der Waals surface area (Å²) in [4.78, 5) is 32.8. The number of carbonyl (C=O) groups excluding carboxylic acids is 2. The van der Waals surface area contributed by atoms with E-state index < -0.39 is 10.8 Å². The highest BCUT2D eigenvalue weighted by atomic mass is 16.5. The van der Waals surface area contributed by atoms with Gasteiger partial charge in [-0.2, -0.15) is 0 Å². The lowest BCUT2D eigenvalue weighted by molar-refractivity contribution is -0.147. The first-order valence-corrected chi connectivity index (χ1v) is 21.8. The fourth-order valence-corrected chi connectivity index (χ4v) is 9.37. The zero-order valence-corrected chi connectivity index (χ0v) is 38.9. The van der Waals surface area contributed by atoms with Crippen molar-refractivity contribution in [3.63, 3.8) is 0 Å². The maximum Gasteiger partial charge on any atom is 0.316 e. The Morgan fingerprint density at radius 2 is 0.879 bits per heavy atom. The first-order chi connectivity index (χ1) is 26.8. The minimum atomic E-state index is -0.732. The van der Waals surface area contributed by atoms with E-state index in [1.807, 2.05) is 76.6 Å². The van der Waals surface area contributed by atoms with Crippen LogP contribution in [0.25, 0.3) is 21.9 Å². The van der Waals surface area contributed by atoms with Gasteiger partial charge in [-0.1, -0.05) is 39.8 Å². The molecular formula is C50H76N2O6. The minimum absolute atomic E-state index is 0.164. The zero-order chi connectivity index (χ0) is 43.4. The predicted octanol–water partition coefficient (Wildman–Crippen LogP) is 12.7. The van der Waals surface area contributed by atoms with Crippen LogP contribution in [0.5, 0.6) is 11.5 Å². The van der Waals surface area contributed by atoms with Gasteiger partial charge >= 0.3 is 11.9 Å². The summed E-state index contributed by atoms with van der Waals surface area (Å²) in [5, 5.41) is 1.76. The third kappa shape index (κ3) is 12.0. The highest BCUT2D eigenvalue weighted by Crippen LogP contribution is 2.45. The highest BCUT2D eigenvalue weighted by Gasteiger charge is 2.40. The quantitative estimate of drug-likeness (QED) is 0.0608. The van der Waals surface area contributed by atoms with Crippen LogP contribution >= 0.6 is 0 Å². The molecule has 0 aliphatic heterocycles. The molecule has 0 radical (unpaired) electrons. The van der Waals surface area contributed by atoms with E-state index in [-0.39, 0.29) is 22.8 Å². The third-order valence-electron chi connectivity index (χ3n) is 12.0. The minimum Gasteiger partial charge on any atom is -0.464 e. The van der Waals surface area contributed by atoms with Crippen LogP contribution in [0.15, 0.2) is 57.8 Å². The number of carbonyl (C=O) groups is 2. The molecule has 8 nitrogen and oxygen atoms in total. The van der Waals surface area contributed by atoms with Crippen molar-refractivity contribution in [2.24, 2.45) is 21.7 Å².